The number of benzene rings is 3. The number of ether oxygens (including phenoxy) is 1. The first-order chi connectivity index (χ1) is 15.8. The SMILES string of the molecule is O=C1C(c2ccccc2)=C(N2CCc3ccccc32)C(=O)N1c1ccc(OC(F)(F)F)cc1. The molecule has 3 aromatic carbocycles. The molecule has 0 saturated heterocycles. The molecule has 33 heavy (non-hydrogen) atoms. The molecule has 0 spiro atoms. The van der Waals surface area contributed by atoms with Crippen LogP contribution in [-0.4, -0.2) is 24.7 Å². The van der Waals surface area contributed by atoms with Crippen molar-refractivity contribution in [2.24, 2.45) is 0 Å². The van der Waals surface area contributed by atoms with Gasteiger partial charge in [0.1, 0.15) is 11.4 Å². The Labute approximate surface area is 187 Å². The van der Waals surface area contributed by atoms with Crippen molar-refractivity contribution in [3.8, 4) is 5.75 Å². The van der Waals surface area contributed by atoms with Crippen LogP contribution in [0.5, 0.6) is 5.75 Å². The zero-order valence-corrected chi connectivity index (χ0v) is 17.2. The van der Waals surface area contributed by atoms with Crippen molar-refractivity contribution in [1.29, 1.82) is 0 Å². The summed E-state index contributed by atoms with van der Waals surface area (Å²) in [6.45, 7) is 0.538. The number of carbonyl (C=O) groups excluding carboxylic acids is 2. The lowest BCUT2D eigenvalue weighted by Gasteiger charge is -2.22. The third-order valence-corrected chi connectivity index (χ3v) is 5.61. The number of amides is 2. The number of rotatable bonds is 4. The Hall–Kier alpha value is -4.07. The van der Waals surface area contributed by atoms with Gasteiger partial charge in [0.05, 0.1) is 11.3 Å². The smallest absolute Gasteiger partial charge is 0.406 e. The summed E-state index contributed by atoms with van der Waals surface area (Å²) in [6, 6.07) is 21.3. The summed E-state index contributed by atoms with van der Waals surface area (Å²) < 4.78 is 41.4. The molecule has 0 unspecified atom stereocenters. The summed E-state index contributed by atoms with van der Waals surface area (Å²) in [5, 5.41) is 0. The van der Waals surface area contributed by atoms with E-state index in [4.69, 9.17) is 0 Å². The van der Waals surface area contributed by atoms with E-state index in [2.05, 4.69) is 4.74 Å². The number of hydrogen-bond acceptors (Lipinski definition) is 4. The highest BCUT2D eigenvalue weighted by atomic mass is 19.4. The minimum Gasteiger partial charge on any atom is -0.406 e. The summed E-state index contributed by atoms with van der Waals surface area (Å²) in [5.74, 6) is -1.50. The summed E-state index contributed by atoms with van der Waals surface area (Å²) in [5.41, 5.74) is 3.20. The van der Waals surface area contributed by atoms with Crippen LogP contribution in [0.1, 0.15) is 11.1 Å². The number of nitrogens with zero attached hydrogens (tertiary/aromatic N) is 2. The zero-order chi connectivity index (χ0) is 23.2. The number of halogens is 3. The second kappa shape index (κ2) is 7.81. The van der Waals surface area contributed by atoms with Gasteiger partial charge in [-0.15, -0.1) is 13.2 Å². The highest BCUT2D eigenvalue weighted by Gasteiger charge is 2.44. The average molecular weight is 450 g/mol. The molecule has 0 fully saturated rings. The van der Waals surface area contributed by atoms with Gasteiger partial charge in [-0.05, 0) is 47.9 Å². The summed E-state index contributed by atoms with van der Waals surface area (Å²) >= 11 is 0. The Bertz CT molecular complexity index is 1270. The van der Waals surface area contributed by atoms with Crippen LogP contribution >= 0.6 is 0 Å². The van der Waals surface area contributed by atoms with Crippen molar-refractivity contribution >= 4 is 28.8 Å². The molecule has 0 aromatic heterocycles. The second-order valence-electron chi connectivity index (χ2n) is 7.61. The van der Waals surface area contributed by atoms with Gasteiger partial charge in [-0.3, -0.25) is 9.59 Å². The second-order valence-corrected chi connectivity index (χ2v) is 7.61. The van der Waals surface area contributed by atoms with Gasteiger partial charge in [-0.1, -0.05) is 48.5 Å². The summed E-state index contributed by atoms with van der Waals surface area (Å²) in [7, 11) is 0. The van der Waals surface area contributed by atoms with Crippen LogP contribution in [0.25, 0.3) is 5.57 Å². The monoisotopic (exact) mass is 450 g/mol. The van der Waals surface area contributed by atoms with E-state index in [0.717, 1.165) is 34.7 Å². The molecule has 0 bridgehead atoms. The third kappa shape index (κ3) is 3.73. The van der Waals surface area contributed by atoms with Crippen LogP contribution in [-0.2, 0) is 16.0 Å². The standard InChI is InChI=1S/C25H17F3N2O3/c26-25(27,28)33-19-12-10-18(11-13-19)30-23(31)21(17-7-2-1-3-8-17)22(24(30)32)29-15-14-16-6-4-5-9-20(16)29/h1-13H,14-15H2. The van der Waals surface area contributed by atoms with Gasteiger partial charge in [-0.2, -0.15) is 0 Å². The Kier molecular flexibility index (Phi) is 4.92. The van der Waals surface area contributed by atoms with Crippen molar-refractivity contribution in [3.63, 3.8) is 0 Å². The highest BCUT2D eigenvalue weighted by Crippen LogP contribution is 2.40. The van der Waals surface area contributed by atoms with Crippen molar-refractivity contribution < 1.29 is 27.5 Å². The maximum Gasteiger partial charge on any atom is 0.573 e. The van der Waals surface area contributed by atoms with Gasteiger partial charge in [0.15, 0.2) is 0 Å². The average Bonchev–Trinajstić information content (AvgIpc) is 3.32. The predicted octanol–water partition coefficient (Wildman–Crippen LogP) is 4.93. The van der Waals surface area contributed by atoms with E-state index in [1.807, 2.05) is 35.2 Å². The normalized spacial score (nSPS) is 16.0. The van der Waals surface area contributed by atoms with E-state index in [0.29, 0.717) is 12.1 Å². The maximum absolute atomic E-state index is 13.6. The van der Waals surface area contributed by atoms with Crippen LogP contribution in [0.3, 0.4) is 0 Å². The molecular weight excluding hydrogens is 433 g/mol. The molecule has 0 radical (unpaired) electrons. The lowest BCUT2D eigenvalue weighted by molar-refractivity contribution is -0.274. The Morgan fingerprint density at radius 1 is 0.788 bits per heavy atom. The van der Waals surface area contributed by atoms with Gasteiger partial charge < -0.3 is 9.64 Å². The molecule has 0 atom stereocenters. The molecule has 5 rings (SSSR count). The minimum absolute atomic E-state index is 0.162. The number of anilines is 2. The fraction of sp³-hybridized carbons (Fsp3) is 0.120. The quantitative estimate of drug-likeness (QED) is 0.529. The molecule has 3 aromatic rings. The molecular formula is C25H17F3N2O3. The Morgan fingerprint density at radius 3 is 2.15 bits per heavy atom. The van der Waals surface area contributed by atoms with Gasteiger partial charge in [0, 0.05) is 12.2 Å². The largest absolute Gasteiger partial charge is 0.573 e. The topological polar surface area (TPSA) is 49.9 Å². The molecule has 0 aliphatic carbocycles. The predicted molar refractivity (Wildman–Crippen MR) is 116 cm³/mol. The summed E-state index contributed by atoms with van der Waals surface area (Å²) in [6.07, 6.45) is -4.11. The van der Waals surface area contributed by atoms with Crippen LogP contribution in [0.15, 0.2) is 84.6 Å². The fourth-order valence-corrected chi connectivity index (χ4v) is 4.24. The highest BCUT2D eigenvalue weighted by molar-refractivity contribution is 6.46. The lowest BCUT2D eigenvalue weighted by Crippen LogP contribution is -2.34. The molecule has 2 aliphatic rings. The van der Waals surface area contributed by atoms with Crippen LogP contribution in [0, 0.1) is 0 Å². The Balaban J connectivity index is 1.57. The van der Waals surface area contributed by atoms with Crippen molar-refractivity contribution in [3.05, 3.63) is 95.7 Å². The molecule has 8 heteroatoms. The maximum atomic E-state index is 13.6. The summed E-state index contributed by atoms with van der Waals surface area (Å²) in [4.78, 5) is 30.0. The molecule has 2 amide bonds. The van der Waals surface area contributed by atoms with Gasteiger partial charge in [0.25, 0.3) is 11.8 Å². The van der Waals surface area contributed by atoms with Crippen LogP contribution in [0.2, 0.25) is 0 Å². The number of carbonyl (C=O) groups is 2. The van der Waals surface area contributed by atoms with Crippen LogP contribution < -0.4 is 14.5 Å². The van der Waals surface area contributed by atoms with E-state index in [1.54, 1.807) is 24.3 Å². The van der Waals surface area contributed by atoms with E-state index in [9.17, 15) is 22.8 Å². The van der Waals surface area contributed by atoms with Gasteiger partial charge >= 0.3 is 6.36 Å². The first-order valence-corrected chi connectivity index (χ1v) is 10.2. The number of fused-ring (bicyclic) bond motifs is 1. The van der Waals surface area contributed by atoms with E-state index in [-0.39, 0.29) is 17.0 Å². The van der Waals surface area contributed by atoms with E-state index >= 15 is 0 Å². The number of alkyl halides is 3. The molecule has 5 nitrogen and oxygen atoms in total. The van der Waals surface area contributed by atoms with Gasteiger partial charge in [0.2, 0.25) is 0 Å². The Morgan fingerprint density at radius 2 is 1.45 bits per heavy atom. The lowest BCUT2D eigenvalue weighted by atomic mass is 10.0. The first kappa shape index (κ1) is 20.8. The molecule has 0 N–H and O–H groups in total. The molecule has 2 heterocycles. The van der Waals surface area contributed by atoms with E-state index < -0.39 is 23.9 Å². The first-order valence-electron chi connectivity index (χ1n) is 10.2. The fourth-order valence-electron chi connectivity index (χ4n) is 4.24. The number of para-hydroxylation sites is 1. The third-order valence-electron chi connectivity index (χ3n) is 5.61. The molecule has 0 saturated carbocycles. The minimum atomic E-state index is -4.83. The van der Waals surface area contributed by atoms with E-state index in [1.165, 1.54) is 12.1 Å². The molecule has 2 aliphatic heterocycles. The number of imide groups is 1. The van der Waals surface area contributed by atoms with Crippen molar-refractivity contribution in [2.45, 2.75) is 12.8 Å². The molecule has 166 valence electrons. The van der Waals surface area contributed by atoms with Crippen molar-refractivity contribution in [1.82, 2.24) is 0 Å². The van der Waals surface area contributed by atoms with Crippen molar-refractivity contribution in [2.75, 3.05) is 16.3 Å². The van der Waals surface area contributed by atoms with Crippen LogP contribution in [0.4, 0.5) is 24.5 Å². The zero-order valence-electron chi connectivity index (χ0n) is 17.2. The number of hydrogen-bond donors (Lipinski definition) is 0. The van der Waals surface area contributed by atoms with Gasteiger partial charge in [-0.25, -0.2) is 4.90 Å².